The standard InChI is InChI=1S/C31H28ClF3N4O3/c1-3-42-28(40)20-7-10-24(11-8-20)39-29(41)30(19(2)36-39)17-21-15-22(31(33,34)35)9-12-26(21)38-14-13-37(18-27(30)38)25-6-4-5-23(32)16-25/h4-12,15-16,27H,3,13-14,17-18H2,1-2H3/t27-,30+/m1/s1. The fourth-order valence-electron chi connectivity index (χ4n) is 6.35. The SMILES string of the molecule is CCOC(=O)c1ccc(N2N=C(C)[C@]3(Cc4cc(C(F)(F)F)ccc4N4CCN(c5cccc(Cl)c5)C[C@@H]43)C2=O)cc1. The van der Waals surface area contributed by atoms with Crippen molar-refractivity contribution in [2.24, 2.45) is 10.5 Å². The fourth-order valence-corrected chi connectivity index (χ4v) is 6.53. The van der Waals surface area contributed by atoms with Crippen molar-refractivity contribution in [1.82, 2.24) is 0 Å². The molecule has 7 nitrogen and oxygen atoms in total. The van der Waals surface area contributed by atoms with E-state index in [-0.39, 0.29) is 18.9 Å². The second-order valence-electron chi connectivity index (χ2n) is 10.7. The molecule has 0 radical (unpaired) electrons. The highest BCUT2D eigenvalue weighted by Gasteiger charge is 2.60. The number of anilines is 3. The van der Waals surface area contributed by atoms with Gasteiger partial charge in [0.1, 0.15) is 5.41 Å². The van der Waals surface area contributed by atoms with Crippen molar-refractivity contribution in [3.63, 3.8) is 0 Å². The van der Waals surface area contributed by atoms with Crippen LogP contribution in [0.15, 0.2) is 71.8 Å². The topological polar surface area (TPSA) is 65.5 Å². The van der Waals surface area contributed by atoms with Gasteiger partial charge in [-0.1, -0.05) is 17.7 Å². The first-order valence-electron chi connectivity index (χ1n) is 13.7. The molecule has 42 heavy (non-hydrogen) atoms. The fraction of sp³-hybridized carbons (Fsp3) is 0.323. The van der Waals surface area contributed by atoms with Crippen molar-refractivity contribution in [3.8, 4) is 0 Å². The van der Waals surface area contributed by atoms with E-state index in [0.29, 0.717) is 52.9 Å². The Hall–Kier alpha value is -4.05. The van der Waals surface area contributed by atoms with Crippen molar-refractivity contribution in [2.75, 3.05) is 41.0 Å². The van der Waals surface area contributed by atoms with Crippen LogP contribution in [0.5, 0.6) is 0 Å². The van der Waals surface area contributed by atoms with Gasteiger partial charge in [-0.15, -0.1) is 0 Å². The molecule has 6 rings (SSSR count). The predicted octanol–water partition coefficient (Wildman–Crippen LogP) is 6.20. The van der Waals surface area contributed by atoms with Crippen LogP contribution in [0.4, 0.5) is 30.2 Å². The molecule has 0 aliphatic carbocycles. The number of esters is 1. The summed E-state index contributed by atoms with van der Waals surface area (Å²) in [5, 5.41) is 6.56. The Labute approximate surface area is 246 Å². The number of hydrogen-bond donors (Lipinski definition) is 0. The molecule has 0 N–H and O–H groups in total. The van der Waals surface area contributed by atoms with Crippen molar-refractivity contribution in [1.29, 1.82) is 0 Å². The molecular weight excluding hydrogens is 569 g/mol. The van der Waals surface area contributed by atoms with Gasteiger partial charge in [0.05, 0.1) is 35.2 Å². The van der Waals surface area contributed by atoms with E-state index in [1.807, 2.05) is 18.2 Å². The van der Waals surface area contributed by atoms with Crippen LogP contribution in [0.1, 0.15) is 35.3 Å². The number of hydrazone groups is 1. The summed E-state index contributed by atoms with van der Waals surface area (Å²) in [6.45, 7) is 5.24. The third-order valence-electron chi connectivity index (χ3n) is 8.40. The zero-order valence-corrected chi connectivity index (χ0v) is 23.7. The molecule has 11 heteroatoms. The van der Waals surface area contributed by atoms with Crippen LogP contribution in [-0.2, 0) is 22.1 Å². The van der Waals surface area contributed by atoms with Gasteiger partial charge in [0.2, 0.25) is 0 Å². The minimum absolute atomic E-state index is 0.0718. The van der Waals surface area contributed by atoms with Gasteiger partial charge < -0.3 is 14.5 Å². The smallest absolute Gasteiger partial charge is 0.416 e. The van der Waals surface area contributed by atoms with Crippen molar-refractivity contribution in [2.45, 2.75) is 32.5 Å². The van der Waals surface area contributed by atoms with E-state index < -0.39 is 29.2 Å². The number of piperazine rings is 1. The summed E-state index contributed by atoms with van der Waals surface area (Å²) in [6, 6.07) is 17.2. The van der Waals surface area contributed by atoms with Gasteiger partial charge in [0.15, 0.2) is 0 Å². The van der Waals surface area contributed by atoms with E-state index in [0.717, 1.165) is 17.8 Å². The van der Waals surface area contributed by atoms with Gasteiger partial charge in [0.25, 0.3) is 5.91 Å². The Kier molecular flexibility index (Phi) is 6.92. The van der Waals surface area contributed by atoms with E-state index in [1.165, 1.54) is 11.1 Å². The third-order valence-corrected chi connectivity index (χ3v) is 8.64. The summed E-state index contributed by atoms with van der Waals surface area (Å²) in [5.74, 6) is -0.800. The number of benzene rings is 3. The average Bonchev–Trinajstić information content (AvgIpc) is 3.22. The first kappa shape index (κ1) is 28.1. The first-order chi connectivity index (χ1) is 20.0. The van der Waals surface area contributed by atoms with Crippen LogP contribution in [0.3, 0.4) is 0 Å². The summed E-state index contributed by atoms with van der Waals surface area (Å²) in [6.07, 6.45) is -4.44. The number of hydrogen-bond acceptors (Lipinski definition) is 6. The zero-order valence-electron chi connectivity index (χ0n) is 23.0. The number of amides is 1. The van der Waals surface area contributed by atoms with E-state index in [2.05, 4.69) is 14.9 Å². The van der Waals surface area contributed by atoms with Crippen LogP contribution in [0, 0.1) is 5.41 Å². The largest absolute Gasteiger partial charge is 0.462 e. The molecule has 0 aromatic heterocycles. The van der Waals surface area contributed by atoms with Gasteiger partial charge in [-0.05, 0) is 86.5 Å². The lowest BCUT2D eigenvalue weighted by atomic mass is 9.67. The Morgan fingerprint density at radius 1 is 1.07 bits per heavy atom. The molecule has 3 aromatic carbocycles. The summed E-state index contributed by atoms with van der Waals surface area (Å²) >= 11 is 6.28. The third kappa shape index (κ3) is 4.58. The molecule has 3 aromatic rings. The van der Waals surface area contributed by atoms with Crippen LogP contribution in [0.25, 0.3) is 0 Å². The number of halogens is 4. The van der Waals surface area contributed by atoms with Gasteiger partial charge in [-0.2, -0.15) is 23.3 Å². The van der Waals surface area contributed by atoms with Gasteiger partial charge in [-0.3, -0.25) is 4.79 Å². The van der Waals surface area contributed by atoms with Gasteiger partial charge >= 0.3 is 12.1 Å². The Morgan fingerprint density at radius 3 is 2.52 bits per heavy atom. The minimum atomic E-state index is -4.51. The number of nitrogens with zero attached hydrogens (tertiary/aromatic N) is 4. The number of alkyl halides is 3. The number of rotatable bonds is 4. The number of fused-ring (bicyclic) bond motifs is 4. The lowest BCUT2D eigenvalue weighted by Gasteiger charge is -2.53. The quantitative estimate of drug-likeness (QED) is 0.336. The van der Waals surface area contributed by atoms with Crippen molar-refractivity contribution < 1.29 is 27.5 Å². The summed E-state index contributed by atoms with van der Waals surface area (Å²) in [5.41, 5.74) is 1.40. The molecule has 3 aliphatic heterocycles. The number of carbonyl (C=O) groups is 2. The summed E-state index contributed by atoms with van der Waals surface area (Å²) in [4.78, 5) is 30.9. The van der Waals surface area contributed by atoms with E-state index >= 15 is 0 Å². The lowest BCUT2D eigenvalue weighted by molar-refractivity contribution is -0.137. The first-order valence-corrected chi connectivity index (χ1v) is 14.1. The predicted molar refractivity (Wildman–Crippen MR) is 155 cm³/mol. The van der Waals surface area contributed by atoms with Crippen LogP contribution in [0.2, 0.25) is 5.02 Å². The number of ether oxygens (including phenoxy) is 1. The Balaban J connectivity index is 1.42. The maximum Gasteiger partial charge on any atom is 0.416 e. The maximum atomic E-state index is 14.5. The molecular formula is C31H28ClF3N4O3. The van der Waals surface area contributed by atoms with Gasteiger partial charge in [0, 0.05) is 36.0 Å². The molecule has 3 aliphatic rings. The van der Waals surface area contributed by atoms with E-state index in [9.17, 15) is 22.8 Å². The molecule has 1 spiro atoms. The lowest BCUT2D eigenvalue weighted by Crippen LogP contribution is -2.67. The molecule has 218 valence electrons. The second-order valence-corrected chi connectivity index (χ2v) is 11.1. The normalized spacial score (nSPS) is 21.8. The molecule has 1 fully saturated rings. The van der Waals surface area contributed by atoms with Crippen molar-refractivity contribution in [3.05, 3.63) is 88.4 Å². The zero-order chi connectivity index (χ0) is 29.8. The van der Waals surface area contributed by atoms with E-state index in [1.54, 1.807) is 44.2 Å². The summed E-state index contributed by atoms with van der Waals surface area (Å²) in [7, 11) is 0. The van der Waals surface area contributed by atoms with Crippen molar-refractivity contribution >= 4 is 46.3 Å². The molecule has 3 heterocycles. The van der Waals surface area contributed by atoms with Crippen LogP contribution < -0.4 is 14.8 Å². The van der Waals surface area contributed by atoms with Crippen LogP contribution in [-0.4, -0.2) is 49.9 Å². The molecule has 1 amide bonds. The highest BCUT2D eigenvalue weighted by molar-refractivity contribution is 6.30. The van der Waals surface area contributed by atoms with Gasteiger partial charge in [-0.25, -0.2) is 4.79 Å². The molecule has 2 atom stereocenters. The molecule has 0 bridgehead atoms. The monoisotopic (exact) mass is 596 g/mol. The second kappa shape index (κ2) is 10.3. The molecule has 1 saturated heterocycles. The molecule has 0 unspecified atom stereocenters. The Bertz CT molecular complexity index is 1590. The molecule has 0 saturated carbocycles. The average molecular weight is 597 g/mol. The Morgan fingerprint density at radius 2 is 1.83 bits per heavy atom. The summed E-state index contributed by atoms with van der Waals surface area (Å²) < 4.78 is 46.3. The maximum absolute atomic E-state index is 14.5. The highest BCUT2D eigenvalue weighted by Crippen LogP contribution is 2.49. The highest BCUT2D eigenvalue weighted by atomic mass is 35.5. The minimum Gasteiger partial charge on any atom is -0.462 e. The number of carbonyl (C=O) groups excluding carboxylic acids is 2. The van der Waals surface area contributed by atoms with Crippen LogP contribution >= 0.6 is 11.6 Å². The van der Waals surface area contributed by atoms with E-state index in [4.69, 9.17) is 16.3 Å².